The Balaban J connectivity index is 2.34. The molecule has 0 bridgehead atoms. The lowest BCUT2D eigenvalue weighted by molar-refractivity contribution is 1.10. The van der Waals surface area contributed by atoms with Gasteiger partial charge in [0.2, 0.25) is 0 Å². The van der Waals surface area contributed by atoms with E-state index in [-0.39, 0.29) is 0 Å². The van der Waals surface area contributed by atoms with Crippen molar-refractivity contribution >= 4 is 5.69 Å². The molecule has 0 aliphatic carbocycles. The van der Waals surface area contributed by atoms with Crippen LogP contribution in [-0.2, 0) is 6.42 Å². The van der Waals surface area contributed by atoms with E-state index in [0.717, 1.165) is 13.0 Å². The molecule has 2 aromatic carbocycles. The molecule has 1 heterocycles. The summed E-state index contributed by atoms with van der Waals surface area (Å²) in [7, 11) is 0. The van der Waals surface area contributed by atoms with Crippen LogP contribution in [-0.4, -0.2) is 6.54 Å². The second kappa shape index (κ2) is 4.66. The summed E-state index contributed by atoms with van der Waals surface area (Å²) in [6, 6.07) is 6.66. The summed E-state index contributed by atoms with van der Waals surface area (Å²) >= 11 is 0. The molecule has 0 saturated heterocycles. The molecule has 0 aromatic heterocycles. The summed E-state index contributed by atoms with van der Waals surface area (Å²) in [4.78, 5) is 0. The van der Waals surface area contributed by atoms with Gasteiger partial charge in [-0.1, -0.05) is 12.1 Å². The van der Waals surface area contributed by atoms with Crippen molar-refractivity contribution in [2.24, 2.45) is 0 Å². The van der Waals surface area contributed by atoms with Gasteiger partial charge in [0.25, 0.3) is 0 Å². The third kappa shape index (κ3) is 1.76. The average Bonchev–Trinajstić information content (AvgIpc) is 2.92. The van der Waals surface area contributed by atoms with Gasteiger partial charge in [0, 0.05) is 12.2 Å². The molecule has 1 nitrogen and oxygen atoms in total. The molecular formula is C19H23N. The van der Waals surface area contributed by atoms with E-state index in [1.807, 2.05) is 0 Å². The normalized spacial score (nSPS) is 13.2. The summed E-state index contributed by atoms with van der Waals surface area (Å²) in [5, 5.41) is 3.49. The minimum atomic E-state index is 1.06. The molecule has 0 saturated carbocycles. The molecule has 0 atom stereocenters. The predicted molar refractivity (Wildman–Crippen MR) is 87.8 cm³/mol. The number of hydrogen-bond donors (Lipinski definition) is 1. The zero-order valence-corrected chi connectivity index (χ0v) is 13.1. The van der Waals surface area contributed by atoms with Crippen LogP contribution in [0.4, 0.5) is 5.69 Å². The molecule has 1 aliphatic heterocycles. The quantitative estimate of drug-likeness (QED) is 0.776. The van der Waals surface area contributed by atoms with Gasteiger partial charge < -0.3 is 5.32 Å². The van der Waals surface area contributed by atoms with Crippen LogP contribution in [0, 0.1) is 34.6 Å². The SMILES string of the molecule is Cc1c(C)c(C)c(-c2cccc3c2CCN3)c(C)c1C. The van der Waals surface area contributed by atoms with Gasteiger partial charge in [-0.3, -0.25) is 0 Å². The van der Waals surface area contributed by atoms with Crippen molar-refractivity contribution < 1.29 is 0 Å². The standard InChI is InChI=1S/C19H23N/c1-11-12(2)14(4)19(15(5)13(11)3)17-7-6-8-18-16(17)9-10-20-18/h6-8,20H,9-10H2,1-5H3. The van der Waals surface area contributed by atoms with Crippen LogP contribution in [0.1, 0.15) is 33.4 Å². The Labute approximate surface area is 122 Å². The van der Waals surface area contributed by atoms with E-state index in [0.29, 0.717) is 0 Å². The number of hydrogen-bond acceptors (Lipinski definition) is 1. The highest BCUT2D eigenvalue weighted by Crippen LogP contribution is 2.39. The molecular weight excluding hydrogens is 242 g/mol. The lowest BCUT2D eigenvalue weighted by Gasteiger charge is -2.20. The molecule has 20 heavy (non-hydrogen) atoms. The van der Waals surface area contributed by atoms with Crippen molar-refractivity contribution in [3.05, 3.63) is 51.6 Å². The van der Waals surface area contributed by atoms with Crippen LogP contribution >= 0.6 is 0 Å². The largest absolute Gasteiger partial charge is 0.384 e. The summed E-state index contributed by atoms with van der Waals surface area (Å²) in [6.07, 6.45) is 1.14. The van der Waals surface area contributed by atoms with Gasteiger partial charge in [0.1, 0.15) is 0 Å². The Kier molecular flexibility index (Phi) is 3.08. The maximum absolute atomic E-state index is 3.49. The van der Waals surface area contributed by atoms with E-state index in [1.165, 1.54) is 50.2 Å². The van der Waals surface area contributed by atoms with Crippen LogP contribution in [0.5, 0.6) is 0 Å². The second-order valence-corrected chi connectivity index (χ2v) is 6.01. The maximum Gasteiger partial charge on any atom is 0.0379 e. The first-order valence-corrected chi connectivity index (χ1v) is 7.45. The third-order valence-corrected chi connectivity index (χ3v) is 5.14. The summed E-state index contributed by atoms with van der Waals surface area (Å²) in [6.45, 7) is 12.3. The first kappa shape index (κ1) is 13.2. The van der Waals surface area contributed by atoms with Gasteiger partial charge in [-0.25, -0.2) is 0 Å². The molecule has 104 valence electrons. The first-order chi connectivity index (χ1) is 9.52. The van der Waals surface area contributed by atoms with Crippen LogP contribution in [0.15, 0.2) is 18.2 Å². The highest BCUT2D eigenvalue weighted by Gasteiger charge is 2.19. The molecule has 1 N–H and O–H groups in total. The first-order valence-electron chi connectivity index (χ1n) is 7.45. The molecule has 0 amide bonds. The Morgan fingerprint density at radius 3 is 2.05 bits per heavy atom. The Morgan fingerprint density at radius 2 is 1.40 bits per heavy atom. The average molecular weight is 265 g/mol. The molecule has 3 rings (SSSR count). The monoisotopic (exact) mass is 265 g/mol. The van der Waals surface area contributed by atoms with E-state index in [4.69, 9.17) is 0 Å². The number of benzene rings is 2. The molecule has 1 aliphatic rings. The Morgan fingerprint density at radius 1 is 0.800 bits per heavy atom. The van der Waals surface area contributed by atoms with E-state index < -0.39 is 0 Å². The Bertz CT molecular complexity index is 666. The summed E-state index contributed by atoms with van der Waals surface area (Å²) in [5.41, 5.74) is 12.9. The zero-order chi connectivity index (χ0) is 14.4. The van der Waals surface area contributed by atoms with E-state index in [1.54, 1.807) is 0 Å². The van der Waals surface area contributed by atoms with Gasteiger partial charge in [0.15, 0.2) is 0 Å². The summed E-state index contributed by atoms with van der Waals surface area (Å²) < 4.78 is 0. The van der Waals surface area contributed by atoms with Gasteiger partial charge in [0.05, 0.1) is 0 Å². The fourth-order valence-electron chi connectivity index (χ4n) is 3.48. The maximum atomic E-state index is 3.49. The number of nitrogens with one attached hydrogen (secondary N) is 1. The number of rotatable bonds is 1. The van der Waals surface area contributed by atoms with Gasteiger partial charge in [-0.15, -0.1) is 0 Å². The fourth-order valence-corrected chi connectivity index (χ4v) is 3.48. The van der Waals surface area contributed by atoms with Gasteiger partial charge in [-0.2, -0.15) is 0 Å². The van der Waals surface area contributed by atoms with Gasteiger partial charge >= 0.3 is 0 Å². The molecule has 0 radical (unpaired) electrons. The minimum Gasteiger partial charge on any atom is -0.384 e. The lowest BCUT2D eigenvalue weighted by Crippen LogP contribution is -2.01. The van der Waals surface area contributed by atoms with E-state index in [9.17, 15) is 0 Å². The molecule has 2 aromatic rings. The van der Waals surface area contributed by atoms with Crippen molar-refractivity contribution in [1.82, 2.24) is 0 Å². The Hall–Kier alpha value is -1.76. The number of anilines is 1. The summed E-state index contributed by atoms with van der Waals surface area (Å²) in [5.74, 6) is 0. The van der Waals surface area contributed by atoms with Crippen LogP contribution in [0.3, 0.4) is 0 Å². The predicted octanol–water partition coefficient (Wildman–Crippen LogP) is 4.86. The molecule has 0 fully saturated rings. The van der Waals surface area contributed by atoms with Crippen molar-refractivity contribution in [2.75, 3.05) is 11.9 Å². The molecule has 0 spiro atoms. The topological polar surface area (TPSA) is 12.0 Å². The fraction of sp³-hybridized carbons (Fsp3) is 0.368. The molecule has 1 heteroatoms. The van der Waals surface area contributed by atoms with Crippen LogP contribution in [0.2, 0.25) is 0 Å². The van der Waals surface area contributed by atoms with Crippen LogP contribution < -0.4 is 5.32 Å². The smallest absolute Gasteiger partial charge is 0.0379 e. The van der Waals surface area contributed by atoms with Crippen LogP contribution in [0.25, 0.3) is 11.1 Å². The second-order valence-electron chi connectivity index (χ2n) is 6.01. The van der Waals surface area contributed by atoms with Crippen molar-refractivity contribution in [3.63, 3.8) is 0 Å². The highest BCUT2D eigenvalue weighted by atomic mass is 14.9. The highest BCUT2D eigenvalue weighted by molar-refractivity contribution is 5.81. The van der Waals surface area contributed by atoms with E-state index >= 15 is 0 Å². The van der Waals surface area contributed by atoms with Crippen molar-refractivity contribution in [3.8, 4) is 11.1 Å². The zero-order valence-electron chi connectivity index (χ0n) is 13.1. The van der Waals surface area contributed by atoms with E-state index in [2.05, 4.69) is 58.1 Å². The number of fused-ring (bicyclic) bond motifs is 1. The van der Waals surface area contributed by atoms with Gasteiger partial charge in [-0.05, 0) is 91.6 Å². The third-order valence-electron chi connectivity index (χ3n) is 5.14. The lowest BCUT2D eigenvalue weighted by atomic mass is 9.84. The molecule has 0 unspecified atom stereocenters. The minimum absolute atomic E-state index is 1.06. The van der Waals surface area contributed by atoms with Crippen molar-refractivity contribution in [2.45, 2.75) is 41.0 Å². The van der Waals surface area contributed by atoms with Crippen molar-refractivity contribution in [1.29, 1.82) is 0 Å².